The molecule has 8 heteroatoms. The molecule has 0 spiro atoms. The molecular formula is C18H22N4O3S. The van der Waals surface area contributed by atoms with Gasteiger partial charge in [-0.3, -0.25) is 4.79 Å². The lowest BCUT2D eigenvalue weighted by Gasteiger charge is -2.26. The zero-order valence-corrected chi connectivity index (χ0v) is 15.3. The van der Waals surface area contributed by atoms with E-state index in [0.29, 0.717) is 11.4 Å². The van der Waals surface area contributed by atoms with Crippen molar-refractivity contribution in [2.45, 2.75) is 6.42 Å². The van der Waals surface area contributed by atoms with Crippen LogP contribution in [0.5, 0.6) is 11.5 Å². The molecule has 0 radical (unpaired) electrons. The van der Waals surface area contributed by atoms with Crippen LogP contribution in [0.1, 0.15) is 16.1 Å². The summed E-state index contributed by atoms with van der Waals surface area (Å²) in [6.45, 7) is 6.22. The van der Waals surface area contributed by atoms with E-state index in [1.807, 2.05) is 18.2 Å². The van der Waals surface area contributed by atoms with E-state index in [9.17, 15) is 4.79 Å². The Hall–Kier alpha value is -2.16. The topological polar surface area (TPSA) is 75.7 Å². The molecule has 26 heavy (non-hydrogen) atoms. The maximum atomic E-state index is 12.3. The average Bonchev–Trinajstić information content (AvgIpc) is 3.34. The predicted molar refractivity (Wildman–Crippen MR) is 99.9 cm³/mol. The minimum Gasteiger partial charge on any atom is -0.454 e. The van der Waals surface area contributed by atoms with Crippen molar-refractivity contribution in [2.75, 3.05) is 46.1 Å². The number of benzene rings is 1. The van der Waals surface area contributed by atoms with Crippen LogP contribution in [0, 0.1) is 0 Å². The number of hydrogen-bond donors (Lipinski definition) is 2. The Morgan fingerprint density at radius 3 is 3.00 bits per heavy atom. The van der Waals surface area contributed by atoms with Gasteiger partial charge < -0.3 is 25.0 Å². The molecule has 2 aromatic rings. The van der Waals surface area contributed by atoms with Gasteiger partial charge in [0.05, 0.1) is 6.20 Å². The number of hydrogen-bond acceptors (Lipinski definition) is 7. The molecule has 0 unspecified atom stereocenters. The summed E-state index contributed by atoms with van der Waals surface area (Å²) in [5.41, 5.74) is 0.928. The first kappa shape index (κ1) is 17.3. The van der Waals surface area contributed by atoms with Crippen molar-refractivity contribution in [2.24, 2.45) is 0 Å². The molecule has 0 aliphatic carbocycles. The first-order valence-corrected chi connectivity index (χ1v) is 9.68. The average molecular weight is 374 g/mol. The Morgan fingerprint density at radius 2 is 2.12 bits per heavy atom. The zero-order chi connectivity index (χ0) is 17.8. The van der Waals surface area contributed by atoms with Crippen LogP contribution in [-0.4, -0.2) is 61.9 Å². The first-order valence-electron chi connectivity index (χ1n) is 8.87. The summed E-state index contributed by atoms with van der Waals surface area (Å²) in [4.78, 5) is 19.7. The fourth-order valence-corrected chi connectivity index (χ4v) is 3.90. The first-order chi connectivity index (χ1) is 12.8. The van der Waals surface area contributed by atoms with E-state index < -0.39 is 0 Å². The van der Waals surface area contributed by atoms with E-state index in [0.717, 1.165) is 61.2 Å². The summed E-state index contributed by atoms with van der Waals surface area (Å²) in [5, 5.41) is 7.13. The van der Waals surface area contributed by atoms with Gasteiger partial charge in [0.2, 0.25) is 6.79 Å². The highest BCUT2D eigenvalue weighted by Crippen LogP contribution is 2.36. The molecule has 138 valence electrons. The Kier molecular flexibility index (Phi) is 5.33. The van der Waals surface area contributed by atoms with E-state index in [2.05, 4.69) is 20.5 Å². The van der Waals surface area contributed by atoms with E-state index in [1.54, 1.807) is 6.20 Å². The SMILES string of the molecule is O=C(NCCCN1CCNCC1)c1cnc(-c2ccc3c(c2)OCO3)s1. The van der Waals surface area contributed by atoms with Crippen molar-refractivity contribution in [3.05, 3.63) is 29.3 Å². The normalized spacial score (nSPS) is 16.6. The third-order valence-electron chi connectivity index (χ3n) is 4.50. The van der Waals surface area contributed by atoms with Crippen molar-refractivity contribution in [3.8, 4) is 22.1 Å². The van der Waals surface area contributed by atoms with Crippen LogP contribution in [0.15, 0.2) is 24.4 Å². The molecule has 7 nitrogen and oxygen atoms in total. The summed E-state index contributed by atoms with van der Waals surface area (Å²) in [6.07, 6.45) is 2.59. The van der Waals surface area contributed by atoms with Crippen molar-refractivity contribution < 1.29 is 14.3 Å². The quantitative estimate of drug-likeness (QED) is 0.748. The molecule has 1 fully saturated rings. The number of carbonyl (C=O) groups excluding carboxylic acids is 1. The summed E-state index contributed by atoms with van der Waals surface area (Å²) < 4.78 is 10.7. The number of ether oxygens (including phenoxy) is 2. The summed E-state index contributed by atoms with van der Waals surface area (Å²) in [6, 6.07) is 5.70. The monoisotopic (exact) mass is 374 g/mol. The van der Waals surface area contributed by atoms with Gasteiger partial charge in [-0.2, -0.15) is 0 Å². The van der Waals surface area contributed by atoms with Crippen LogP contribution in [-0.2, 0) is 0 Å². The van der Waals surface area contributed by atoms with Crippen LogP contribution >= 0.6 is 11.3 Å². The lowest BCUT2D eigenvalue weighted by atomic mass is 10.2. The van der Waals surface area contributed by atoms with Gasteiger partial charge in [0.1, 0.15) is 9.88 Å². The lowest BCUT2D eigenvalue weighted by molar-refractivity contribution is 0.0955. The largest absolute Gasteiger partial charge is 0.454 e. The molecule has 1 aromatic carbocycles. The number of amides is 1. The van der Waals surface area contributed by atoms with E-state index in [4.69, 9.17) is 9.47 Å². The Labute approximate surface area is 156 Å². The Bertz CT molecular complexity index is 774. The highest BCUT2D eigenvalue weighted by Gasteiger charge is 2.17. The standard InChI is InChI=1S/C18H22N4O3S/c23-17(20-4-1-7-22-8-5-19-6-9-22)16-11-21-18(26-16)13-2-3-14-15(10-13)25-12-24-14/h2-3,10-11,19H,1,4-9,12H2,(H,20,23). The minimum atomic E-state index is -0.0604. The van der Waals surface area contributed by atoms with Crippen LogP contribution in [0.2, 0.25) is 0 Å². The molecule has 1 saturated heterocycles. The predicted octanol–water partition coefficient (Wildman–Crippen LogP) is 1.56. The van der Waals surface area contributed by atoms with E-state index in [1.165, 1.54) is 11.3 Å². The van der Waals surface area contributed by atoms with E-state index in [-0.39, 0.29) is 12.7 Å². The highest BCUT2D eigenvalue weighted by atomic mass is 32.1. The molecule has 2 N–H and O–H groups in total. The van der Waals surface area contributed by atoms with Gasteiger partial charge in [-0.15, -0.1) is 11.3 Å². The smallest absolute Gasteiger partial charge is 0.263 e. The van der Waals surface area contributed by atoms with E-state index >= 15 is 0 Å². The second-order valence-electron chi connectivity index (χ2n) is 6.30. The Morgan fingerprint density at radius 1 is 1.27 bits per heavy atom. The number of thiazole rings is 1. The molecule has 2 aliphatic heterocycles. The molecule has 0 atom stereocenters. The molecule has 0 bridgehead atoms. The number of rotatable bonds is 6. The van der Waals surface area contributed by atoms with Crippen LogP contribution < -0.4 is 20.1 Å². The second-order valence-corrected chi connectivity index (χ2v) is 7.33. The van der Waals surface area contributed by atoms with Gasteiger partial charge in [0.25, 0.3) is 5.91 Å². The number of carbonyl (C=O) groups is 1. The fraction of sp³-hybridized carbons (Fsp3) is 0.444. The fourth-order valence-electron chi connectivity index (χ4n) is 3.07. The maximum Gasteiger partial charge on any atom is 0.263 e. The van der Waals surface area contributed by atoms with Gasteiger partial charge >= 0.3 is 0 Å². The van der Waals surface area contributed by atoms with Gasteiger partial charge in [0, 0.05) is 38.3 Å². The van der Waals surface area contributed by atoms with Crippen molar-refractivity contribution in [1.82, 2.24) is 20.5 Å². The molecule has 1 amide bonds. The van der Waals surface area contributed by atoms with Crippen LogP contribution in [0.3, 0.4) is 0 Å². The number of piperazine rings is 1. The van der Waals surface area contributed by atoms with Crippen molar-refractivity contribution in [1.29, 1.82) is 0 Å². The molecule has 4 rings (SSSR count). The van der Waals surface area contributed by atoms with Crippen LogP contribution in [0.4, 0.5) is 0 Å². The molecule has 0 saturated carbocycles. The number of nitrogens with one attached hydrogen (secondary N) is 2. The highest BCUT2D eigenvalue weighted by molar-refractivity contribution is 7.16. The summed E-state index contributed by atoms with van der Waals surface area (Å²) in [7, 11) is 0. The minimum absolute atomic E-state index is 0.0604. The molecule has 1 aromatic heterocycles. The van der Waals surface area contributed by atoms with Crippen molar-refractivity contribution in [3.63, 3.8) is 0 Å². The maximum absolute atomic E-state index is 12.3. The van der Waals surface area contributed by atoms with Gasteiger partial charge in [-0.1, -0.05) is 0 Å². The van der Waals surface area contributed by atoms with Gasteiger partial charge in [-0.05, 0) is 31.2 Å². The Balaban J connectivity index is 1.29. The zero-order valence-electron chi connectivity index (χ0n) is 14.5. The number of fused-ring (bicyclic) bond motifs is 1. The molecular weight excluding hydrogens is 352 g/mol. The third-order valence-corrected chi connectivity index (χ3v) is 5.54. The summed E-state index contributed by atoms with van der Waals surface area (Å²) >= 11 is 1.39. The van der Waals surface area contributed by atoms with Gasteiger partial charge in [0.15, 0.2) is 11.5 Å². The lowest BCUT2D eigenvalue weighted by Crippen LogP contribution is -2.44. The third kappa shape index (κ3) is 3.98. The number of nitrogens with zero attached hydrogens (tertiary/aromatic N) is 2. The second kappa shape index (κ2) is 8.03. The van der Waals surface area contributed by atoms with Gasteiger partial charge in [-0.25, -0.2) is 4.98 Å². The number of aromatic nitrogens is 1. The van der Waals surface area contributed by atoms with Crippen LogP contribution in [0.25, 0.3) is 10.6 Å². The molecule has 2 aliphatic rings. The molecule has 3 heterocycles. The van der Waals surface area contributed by atoms with Crippen molar-refractivity contribution >= 4 is 17.2 Å². The summed E-state index contributed by atoms with van der Waals surface area (Å²) in [5.74, 6) is 1.40.